The molecule has 0 unspecified atom stereocenters. The maximum Gasteiger partial charge on any atom is 0.223 e. The molecule has 0 bridgehead atoms. The summed E-state index contributed by atoms with van der Waals surface area (Å²) in [7, 11) is 0. The highest BCUT2D eigenvalue weighted by Crippen LogP contribution is 2.27. The molecular weight excluding hydrogens is 238 g/mol. The van der Waals surface area contributed by atoms with E-state index in [9.17, 15) is 9.59 Å². The predicted octanol–water partition coefficient (Wildman–Crippen LogP) is 2.87. The van der Waals surface area contributed by atoms with Crippen molar-refractivity contribution < 1.29 is 9.59 Å². The van der Waals surface area contributed by atoms with E-state index in [1.807, 2.05) is 44.2 Å². The van der Waals surface area contributed by atoms with Gasteiger partial charge in [0.2, 0.25) is 5.91 Å². The molecule has 3 nitrogen and oxygen atoms in total. The number of carbonyl (C=O) groups is 2. The largest absolute Gasteiger partial charge is 0.349 e. The Hall–Kier alpha value is -1.64. The summed E-state index contributed by atoms with van der Waals surface area (Å²) >= 11 is 0. The fraction of sp³-hybridized carbons (Fsp3) is 0.500. The molecule has 1 aliphatic rings. The summed E-state index contributed by atoms with van der Waals surface area (Å²) in [6, 6.07) is 9.95. The van der Waals surface area contributed by atoms with Gasteiger partial charge in [0.15, 0.2) is 0 Å². The van der Waals surface area contributed by atoms with E-state index in [0.29, 0.717) is 25.0 Å². The number of amides is 1. The molecule has 1 amide bonds. The molecule has 0 radical (unpaired) electrons. The number of benzene rings is 1. The number of hydrogen-bond acceptors (Lipinski definition) is 2. The van der Waals surface area contributed by atoms with Gasteiger partial charge in [-0.15, -0.1) is 0 Å². The van der Waals surface area contributed by atoms with E-state index >= 15 is 0 Å². The average molecular weight is 259 g/mol. The molecule has 19 heavy (non-hydrogen) atoms. The first-order valence-corrected chi connectivity index (χ1v) is 6.96. The third-order valence-corrected chi connectivity index (χ3v) is 3.96. The van der Waals surface area contributed by atoms with Crippen molar-refractivity contribution in [2.75, 3.05) is 0 Å². The minimum Gasteiger partial charge on any atom is -0.349 e. The molecule has 0 heterocycles. The van der Waals surface area contributed by atoms with Gasteiger partial charge in [0, 0.05) is 18.3 Å². The molecule has 0 spiro atoms. The van der Waals surface area contributed by atoms with Crippen LogP contribution in [0.2, 0.25) is 0 Å². The lowest BCUT2D eigenvalue weighted by Gasteiger charge is -2.26. The summed E-state index contributed by atoms with van der Waals surface area (Å²) in [6.45, 7) is 3.91. The van der Waals surface area contributed by atoms with Crippen molar-refractivity contribution in [1.82, 2.24) is 5.32 Å². The van der Waals surface area contributed by atoms with Crippen molar-refractivity contribution in [2.24, 2.45) is 11.8 Å². The Balaban J connectivity index is 1.92. The number of rotatable bonds is 3. The van der Waals surface area contributed by atoms with Crippen molar-refractivity contribution in [1.29, 1.82) is 0 Å². The Morgan fingerprint density at radius 2 is 2.00 bits per heavy atom. The van der Waals surface area contributed by atoms with Crippen LogP contribution in [-0.4, -0.2) is 11.7 Å². The van der Waals surface area contributed by atoms with Crippen LogP contribution < -0.4 is 5.32 Å². The summed E-state index contributed by atoms with van der Waals surface area (Å²) in [5, 5.41) is 3.05. The normalized spacial score (nSPS) is 24.8. The lowest BCUT2D eigenvalue weighted by molar-refractivity contribution is -0.131. The molecule has 3 atom stereocenters. The minimum atomic E-state index is -0.0149. The van der Waals surface area contributed by atoms with Crippen LogP contribution in [-0.2, 0) is 9.59 Å². The van der Waals surface area contributed by atoms with Gasteiger partial charge in [-0.2, -0.15) is 0 Å². The van der Waals surface area contributed by atoms with Crippen LogP contribution >= 0.6 is 0 Å². The highest BCUT2D eigenvalue weighted by atomic mass is 16.2. The van der Waals surface area contributed by atoms with Crippen molar-refractivity contribution in [3.8, 4) is 0 Å². The quantitative estimate of drug-likeness (QED) is 0.907. The fourth-order valence-corrected chi connectivity index (χ4v) is 2.63. The number of ketones is 1. The smallest absolute Gasteiger partial charge is 0.223 e. The Morgan fingerprint density at radius 3 is 2.63 bits per heavy atom. The molecule has 1 saturated carbocycles. The van der Waals surface area contributed by atoms with Gasteiger partial charge in [-0.25, -0.2) is 0 Å². The fourth-order valence-electron chi connectivity index (χ4n) is 2.63. The first-order valence-electron chi connectivity index (χ1n) is 6.96. The third kappa shape index (κ3) is 3.43. The van der Waals surface area contributed by atoms with Gasteiger partial charge in [0.25, 0.3) is 0 Å². The molecule has 1 aromatic rings. The van der Waals surface area contributed by atoms with Crippen molar-refractivity contribution >= 4 is 11.7 Å². The SMILES string of the molecule is C[C@@H]1C[C@H](C(=O)N[C@@H](C)c2ccccc2)CCC1=O. The first-order chi connectivity index (χ1) is 9.08. The van der Waals surface area contributed by atoms with E-state index in [-0.39, 0.29) is 23.8 Å². The van der Waals surface area contributed by atoms with Crippen LogP contribution in [0, 0.1) is 11.8 Å². The molecular formula is C16H21NO2. The second-order valence-electron chi connectivity index (χ2n) is 5.48. The second-order valence-corrected chi connectivity index (χ2v) is 5.48. The van der Waals surface area contributed by atoms with Crippen LogP contribution in [0.15, 0.2) is 30.3 Å². The average Bonchev–Trinajstić information content (AvgIpc) is 2.42. The van der Waals surface area contributed by atoms with Gasteiger partial charge >= 0.3 is 0 Å². The van der Waals surface area contributed by atoms with Gasteiger partial charge in [0.1, 0.15) is 5.78 Å². The zero-order valence-corrected chi connectivity index (χ0v) is 11.6. The Labute approximate surface area is 114 Å². The van der Waals surface area contributed by atoms with Crippen molar-refractivity contribution in [2.45, 2.75) is 39.2 Å². The number of carbonyl (C=O) groups excluding carboxylic acids is 2. The van der Waals surface area contributed by atoms with Gasteiger partial charge in [-0.3, -0.25) is 9.59 Å². The summed E-state index contributed by atoms with van der Waals surface area (Å²) in [4.78, 5) is 23.7. The van der Waals surface area contributed by atoms with E-state index < -0.39 is 0 Å². The summed E-state index contributed by atoms with van der Waals surface area (Å²) in [5.41, 5.74) is 1.11. The van der Waals surface area contributed by atoms with Crippen molar-refractivity contribution in [3.63, 3.8) is 0 Å². The zero-order chi connectivity index (χ0) is 13.8. The highest BCUT2D eigenvalue weighted by molar-refractivity contribution is 5.86. The monoisotopic (exact) mass is 259 g/mol. The Morgan fingerprint density at radius 1 is 1.32 bits per heavy atom. The third-order valence-electron chi connectivity index (χ3n) is 3.96. The maximum absolute atomic E-state index is 12.2. The number of hydrogen-bond donors (Lipinski definition) is 1. The molecule has 1 aliphatic carbocycles. The minimum absolute atomic E-state index is 0.0149. The summed E-state index contributed by atoms with van der Waals surface area (Å²) < 4.78 is 0. The van der Waals surface area contributed by atoms with Gasteiger partial charge in [0.05, 0.1) is 6.04 Å². The van der Waals surface area contributed by atoms with E-state index in [1.165, 1.54) is 0 Å². The molecule has 0 aliphatic heterocycles. The molecule has 1 fully saturated rings. The Kier molecular flexibility index (Phi) is 4.35. The Bertz CT molecular complexity index is 455. The van der Waals surface area contributed by atoms with Crippen LogP contribution in [0.5, 0.6) is 0 Å². The van der Waals surface area contributed by atoms with Gasteiger partial charge in [-0.1, -0.05) is 37.3 Å². The number of nitrogens with one attached hydrogen (secondary N) is 1. The predicted molar refractivity (Wildman–Crippen MR) is 74.5 cm³/mol. The summed E-state index contributed by atoms with van der Waals surface area (Å²) in [6.07, 6.45) is 1.92. The second kappa shape index (κ2) is 6.00. The molecule has 0 saturated heterocycles. The molecule has 1 aromatic carbocycles. The molecule has 102 valence electrons. The first kappa shape index (κ1) is 13.8. The number of Topliss-reactive ketones (excluding diaryl/α,β-unsaturated/α-hetero) is 1. The molecule has 1 N–H and O–H groups in total. The maximum atomic E-state index is 12.2. The van der Waals surface area contributed by atoms with Gasteiger partial charge < -0.3 is 5.32 Å². The van der Waals surface area contributed by atoms with E-state index in [4.69, 9.17) is 0 Å². The van der Waals surface area contributed by atoms with Crippen LogP contribution in [0.4, 0.5) is 0 Å². The molecule has 0 aromatic heterocycles. The van der Waals surface area contributed by atoms with Crippen molar-refractivity contribution in [3.05, 3.63) is 35.9 Å². The van der Waals surface area contributed by atoms with E-state index in [2.05, 4.69) is 5.32 Å². The lowest BCUT2D eigenvalue weighted by atomic mass is 9.81. The topological polar surface area (TPSA) is 46.2 Å². The zero-order valence-electron chi connectivity index (χ0n) is 11.6. The molecule has 3 heteroatoms. The highest BCUT2D eigenvalue weighted by Gasteiger charge is 2.30. The lowest BCUT2D eigenvalue weighted by Crippen LogP contribution is -2.37. The van der Waals surface area contributed by atoms with Gasteiger partial charge in [-0.05, 0) is 25.3 Å². The van der Waals surface area contributed by atoms with Crippen LogP contribution in [0.25, 0.3) is 0 Å². The molecule has 2 rings (SSSR count). The van der Waals surface area contributed by atoms with Crippen LogP contribution in [0.1, 0.15) is 44.7 Å². The summed E-state index contributed by atoms with van der Waals surface area (Å²) in [5.74, 6) is 0.381. The standard InChI is InChI=1S/C16H21NO2/c1-11-10-14(8-9-15(11)18)16(19)17-12(2)13-6-4-3-5-7-13/h3-7,11-12,14H,8-10H2,1-2H3,(H,17,19)/t11-,12+,14-/m1/s1. The van der Waals surface area contributed by atoms with E-state index in [1.54, 1.807) is 0 Å². The van der Waals surface area contributed by atoms with E-state index in [0.717, 1.165) is 5.56 Å². The van der Waals surface area contributed by atoms with Crippen LogP contribution in [0.3, 0.4) is 0 Å².